The third kappa shape index (κ3) is 6.29. The van der Waals surface area contributed by atoms with Crippen LogP contribution in [0.25, 0.3) is 12.0 Å². The van der Waals surface area contributed by atoms with Gasteiger partial charge in [0.05, 0.1) is 0 Å². The number of carbonyl (C=O) groups excluding carboxylic acids is 1. The van der Waals surface area contributed by atoms with Crippen LogP contribution < -0.4 is 21.5 Å². The van der Waals surface area contributed by atoms with Gasteiger partial charge in [-0.15, -0.1) is 9.78 Å². The van der Waals surface area contributed by atoms with Crippen LogP contribution in [-0.2, 0) is 9.53 Å². The third-order valence-corrected chi connectivity index (χ3v) is 5.33. The Labute approximate surface area is 217 Å². The zero-order valence-corrected chi connectivity index (χ0v) is 20.5. The highest BCUT2D eigenvalue weighted by Crippen LogP contribution is 2.29. The van der Waals surface area contributed by atoms with Crippen molar-refractivity contribution >= 4 is 23.6 Å². The van der Waals surface area contributed by atoms with Gasteiger partial charge in [0.1, 0.15) is 30.8 Å². The SMILES string of the molecule is C=Cc1cc(OCCOC(C)=O)cc(C(Nc2ccc(C(=N)N)cc2)c2nn(-c3ncccn3)c(=O)[nH]2)c1. The van der Waals surface area contributed by atoms with Crippen molar-refractivity contribution in [1.82, 2.24) is 24.7 Å². The van der Waals surface area contributed by atoms with E-state index < -0.39 is 17.7 Å². The smallest absolute Gasteiger partial charge is 0.350 e. The number of nitrogens with one attached hydrogen (secondary N) is 3. The number of anilines is 1. The predicted molar refractivity (Wildman–Crippen MR) is 141 cm³/mol. The number of esters is 1. The van der Waals surface area contributed by atoms with E-state index in [0.717, 1.165) is 10.2 Å². The lowest BCUT2D eigenvalue weighted by Gasteiger charge is -2.20. The Hall–Kier alpha value is -5.26. The van der Waals surface area contributed by atoms with Crippen LogP contribution in [-0.4, -0.2) is 49.8 Å². The molecule has 0 fully saturated rings. The molecule has 194 valence electrons. The fraction of sp³-hybridized carbons (Fsp3) is 0.154. The molecule has 1 unspecified atom stereocenters. The van der Waals surface area contributed by atoms with E-state index in [9.17, 15) is 9.59 Å². The molecule has 0 aliphatic heterocycles. The molecule has 0 amide bonds. The zero-order chi connectivity index (χ0) is 27.1. The lowest BCUT2D eigenvalue weighted by atomic mass is 10.0. The maximum absolute atomic E-state index is 12.8. The molecule has 1 atom stereocenters. The highest BCUT2D eigenvalue weighted by Gasteiger charge is 2.22. The Kier molecular flexibility index (Phi) is 7.92. The first-order chi connectivity index (χ1) is 18.3. The van der Waals surface area contributed by atoms with E-state index >= 15 is 0 Å². The largest absolute Gasteiger partial charge is 0.490 e. The number of nitrogens with two attached hydrogens (primary N) is 1. The van der Waals surface area contributed by atoms with E-state index in [-0.39, 0.29) is 25.0 Å². The van der Waals surface area contributed by atoms with Crippen LogP contribution in [0.5, 0.6) is 5.75 Å². The molecule has 38 heavy (non-hydrogen) atoms. The number of aromatic amines is 1. The van der Waals surface area contributed by atoms with Gasteiger partial charge in [0.2, 0.25) is 0 Å². The number of benzene rings is 2. The van der Waals surface area contributed by atoms with Crippen molar-refractivity contribution in [2.75, 3.05) is 18.5 Å². The normalized spacial score (nSPS) is 11.4. The van der Waals surface area contributed by atoms with Gasteiger partial charge < -0.3 is 20.5 Å². The molecular formula is C26H26N8O4. The molecule has 0 aliphatic carbocycles. The molecule has 2 heterocycles. The van der Waals surface area contributed by atoms with Crippen molar-refractivity contribution in [1.29, 1.82) is 5.41 Å². The van der Waals surface area contributed by atoms with E-state index in [1.807, 2.05) is 6.07 Å². The molecular weight excluding hydrogens is 488 g/mol. The molecule has 2 aromatic heterocycles. The van der Waals surface area contributed by atoms with E-state index in [4.69, 9.17) is 20.6 Å². The summed E-state index contributed by atoms with van der Waals surface area (Å²) in [5, 5.41) is 15.5. The summed E-state index contributed by atoms with van der Waals surface area (Å²) in [7, 11) is 0. The fourth-order valence-corrected chi connectivity index (χ4v) is 3.59. The number of rotatable bonds is 11. The molecule has 5 N–H and O–H groups in total. The first kappa shape index (κ1) is 25.8. The number of nitrogen functional groups attached to an aromatic ring is 1. The quantitative estimate of drug-likeness (QED) is 0.101. The number of ether oxygens (including phenoxy) is 2. The van der Waals surface area contributed by atoms with Crippen molar-refractivity contribution < 1.29 is 14.3 Å². The first-order valence-electron chi connectivity index (χ1n) is 11.5. The van der Waals surface area contributed by atoms with Crippen molar-refractivity contribution in [3.05, 3.63) is 101 Å². The minimum Gasteiger partial charge on any atom is -0.490 e. The Morgan fingerprint density at radius 2 is 1.95 bits per heavy atom. The molecule has 0 radical (unpaired) electrons. The maximum Gasteiger partial charge on any atom is 0.350 e. The van der Waals surface area contributed by atoms with Crippen LogP contribution >= 0.6 is 0 Å². The summed E-state index contributed by atoms with van der Waals surface area (Å²) in [6.07, 6.45) is 4.70. The Balaban J connectivity index is 1.73. The topological polar surface area (TPSA) is 174 Å². The minimum atomic E-state index is -0.647. The van der Waals surface area contributed by atoms with Crippen LogP contribution in [0.2, 0.25) is 0 Å². The van der Waals surface area contributed by atoms with Crippen molar-refractivity contribution in [3.8, 4) is 11.7 Å². The second-order valence-electron chi connectivity index (χ2n) is 8.07. The average molecular weight is 515 g/mol. The lowest BCUT2D eigenvalue weighted by Crippen LogP contribution is -2.18. The summed E-state index contributed by atoms with van der Waals surface area (Å²) in [4.78, 5) is 34.8. The number of H-pyrrole nitrogens is 1. The molecule has 4 aromatic rings. The van der Waals surface area contributed by atoms with E-state index in [0.29, 0.717) is 28.4 Å². The van der Waals surface area contributed by atoms with Gasteiger partial charge in [-0.2, -0.15) is 0 Å². The lowest BCUT2D eigenvalue weighted by molar-refractivity contribution is -0.141. The van der Waals surface area contributed by atoms with Crippen LogP contribution in [0.1, 0.15) is 35.5 Å². The monoisotopic (exact) mass is 514 g/mol. The molecule has 0 saturated heterocycles. The summed E-state index contributed by atoms with van der Waals surface area (Å²) in [5.74, 6) is 0.491. The molecule has 12 nitrogen and oxygen atoms in total. The van der Waals surface area contributed by atoms with Gasteiger partial charge in [-0.3, -0.25) is 15.2 Å². The number of hydrogen-bond acceptors (Lipinski definition) is 9. The highest BCUT2D eigenvalue weighted by atomic mass is 16.6. The van der Waals surface area contributed by atoms with Gasteiger partial charge in [-0.25, -0.2) is 14.8 Å². The molecule has 0 bridgehead atoms. The number of nitrogens with zero attached hydrogens (tertiary/aromatic N) is 4. The summed E-state index contributed by atoms with van der Waals surface area (Å²) >= 11 is 0. The number of aromatic nitrogens is 5. The molecule has 2 aromatic carbocycles. The summed E-state index contributed by atoms with van der Waals surface area (Å²) in [6, 6.07) is 13.4. The number of hydrogen-bond donors (Lipinski definition) is 4. The van der Waals surface area contributed by atoms with Crippen LogP contribution in [0.4, 0.5) is 5.69 Å². The average Bonchev–Trinajstić information content (AvgIpc) is 3.31. The Morgan fingerprint density at radius 3 is 2.61 bits per heavy atom. The van der Waals surface area contributed by atoms with Gasteiger partial charge in [0, 0.05) is 30.6 Å². The molecule has 12 heteroatoms. The van der Waals surface area contributed by atoms with Crippen LogP contribution in [0, 0.1) is 5.41 Å². The fourth-order valence-electron chi connectivity index (χ4n) is 3.59. The van der Waals surface area contributed by atoms with Gasteiger partial charge >= 0.3 is 11.7 Å². The number of carbonyl (C=O) groups is 1. The summed E-state index contributed by atoms with van der Waals surface area (Å²) < 4.78 is 11.8. The third-order valence-electron chi connectivity index (χ3n) is 5.33. The standard InChI is InChI=1S/C26H26N8O4/c1-3-17-13-19(15-21(14-17)38-12-11-37-16(2)35)22(31-20-7-5-18(6-8-20)23(27)28)24-32-26(36)34(33-24)25-29-9-4-10-30-25/h3-10,13-15,22,31H,1,11-12H2,2H3,(H3,27,28)(H,32,33,36). The highest BCUT2D eigenvalue weighted by molar-refractivity contribution is 5.95. The zero-order valence-electron chi connectivity index (χ0n) is 20.5. The van der Waals surface area contributed by atoms with Crippen LogP contribution in [0.3, 0.4) is 0 Å². The Morgan fingerprint density at radius 1 is 1.21 bits per heavy atom. The Bertz CT molecular complexity index is 1500. The summed E-state index contributed by atoms with van der Waals surface area (Å²) in [5.41, 5.74) is 7.80. The van der Waals surface area contributed by atoms with Crippen molar-refractivity contribution in [2.24, 2.45) is 5.73 Å². The van der Waals surface area contributed by atoms with Crippen LogP contribution in [0.15, 0.2) is 72.3 Å². The van der Waals surface area contributed by atoms with E-state index in [1.54, 1.807) is 48.5 Å². The van der Waals surface area contributed by atoms with Gasteiger partial charge in [0.25, 0.3) is 5.95 Å². The van der Waals surface area contributed by atoms with Gasteiger partial charge in [0.15, 0.2) is 5.82 Å². The van der Waals surface area contributed by atoms with Crippen molar-refractivity contribution in [2.45, 2.75) is 13.0 Å². The predicted octanol–water partition coefficient (Wildman–Crippen LogP) is 2.42. The van der Waals surface area contributed by atoms with Gasteiger partial charge in [-0.05, 0) is 59.7 Å². The summed E-state index contributed by atoms with van der Waals surface area (Å²) in [6.45, 7) is 5.44. The second kappa shape index (κ2) is 11.6. The molecule has 0 spiro atoms. The number of amidine groups is 1. The van der Waals surface area contributed by atoms with E-state index in [2.05, 4.69) is 31.9 Å². The molecule has 4 rings (SSSR count). The molecule has 0 saturated carbocycles. The second-order valence-corrected chi connectivity index (χ2v) is 8.07. The van der Waals surface area contributed by atoms with Crippen molar-refractivity contribution in [3.63, 3.8) is 0 Å². The van der Waals surface area contributed by atoms with Gasteiger partial charge in [-0.1, -0.05) is 12.7 Å². The minimum absolute atomic E-state index is 0.0479. The molecule has 0 aliphatic rings. The first-order valence-corrected chi connectivity index (χ1v) is 11.5. The van der Waals surface area contributed by atoms with E-state index in [1.165, 1.54) is 19.3 Å². The maximum atomic E-state index is 12.8.